The molecule has 2 aliphatic rings. The predicted molar refractivity (Wildman–Crippen MR) is 71.1 cm³/mol. The molecule has 0 atom stereocenters. The van der Waals surface area contributed by atoms with Crippen molar-refractivity contribution in [3.8, 4) is 11.5 Å². The third-order valence-electron chi connectivity index (χ3n) is 3.57. The van der Waals surface area contributed by atoms with Gasteiger partial charge in [-0.05, 0) is 36.6 Å². The van der Waals surface area contributed by atoms with E-state index < -0.39 is 0 Å². The minimum atomic E-state index is 0.756. The molecule has 1 aromatic rings. The Bertz CT molecular complexity index is 401. The van der Waals surface area contributed by atoms with Crippen molar-refractivity contribution in [1.82, 2.24) is 5.32 Å². The van der Waals surface area contributed by atoms with Gasteiger partial charge >= 0.3 is 0 Å². The molecule has 0 bridgehead atoms. The molecule has 18 heavy (non-hydrogen) atoms. The van der Waals surface area contributed by atoms with Crippen LogP contribution in [0.3, 0.4) is 0 Å². The van der Waals surface area contributed by atoms with Gasteiger partial charge in [0, 0.05) is 13.0 Å². The van der Waals surface area contributed by atoms with Gasteiger partial charge in [-0.15, -0.1) is 0 Å². The van der Waals surface area contributed by atoms with Crippen LogP contribution in [0.15, 0.2) is 18.2 Å². The number of fused-ring (bicyclic) bond motifs is 1. The molecule has 98 valence electrons. The van der Waals surface area contributed by atoms with E-state index in [-0.39, 0.29) is 0 Å². The molecule has 3 nitrogen and oxygen atoms in total. The minimum absolute atomic E-state index is 0.756. The van der Waals surface area contributed by atoms with Crippen LogP contribution in [0, 0.1) is 5.92 Å². The molecular formula is C15H21NO2. The lowest BCUT2D eigenvalue weighted by Gasteiger charge is -2.10. The molecule has 0 aromatic heterocycles. The van der Waals surface area contributed by atoms with Gasteiger partial charge in [0.15, 0.2) is 11.5 Å². The molecule has 1 aromatic carbocycles. The van der Waals surface area contributed by atoms with Crippen molar-refractivity contribution >= 4 is 0 Å². The summed E-state index contributed by atoms with van der Waals surface area (Å²) in [5, 5.41) is 3.50. The summed E-state index contributed by atoms with van der Waals surface area (Å²) >= 11 is 0. The van der Waals surface area contributed by atoms with Crippen LogP contribution >= 0.6 is 0 Å². The highest BCUT2D eigenvalue weighted by molar-refractivity contribution is 5.43. The molecule has 0 radical (unpaired) electrons. The highest BCUT2D eigenvalue weighted by atomic mass is 16.5. The van der Waals surface area contributed by atoms with E-state index in [4.69, 9.17) is 9.47 Å². The zero-order valence-electron chi connectivity index (χ0n) is 10.8. The van der Waals surface area contributed by atoms with E-state index in [2.05, 4.69) is 17.4 Å². The third kappa shape index (κ3) is 3.16. The van der Waals surface area contributed by atoms with Crippen molar-refractivity contribution < 1.29 is 9.47 Å². The van der Waals surface area contributed by atoms with Crippen LogP contribution in [-0.2, 0) is 6.54 Å². The molecule has 0 saturated heterocycles. The van der Waals surface area contributed by atoms with Gasteiger partial charge in [-0.25, -0.2) is 0 Å². The maximum absolute atomic E-state index is 5.69. The molecular weight excluding hydrogens is 226 g/mol. The Morgan fingerprint density at radius 2 is 1.94 bits per heavy atom. The van der Waals surface area contributed by atoms with Crippen molar-refractivity contribution in [3.05, 3.63) is 23.8 Å². The fourth-order valence-corrected chi connectivity index (χ4v) is 2.26. The van der Waals surface area contributed by atoms with E-state index in [1.165, 1.54) is 24.8 Å². The zero-order valence-corrected chi connectivity index (χ0v) is 10.8. The minimum Gasteiger partial charge on any atom is -0.490 e. The summed E-state index contributed by atoms with van der Waals surface area (Å²) in [6.45, 7) is 3.56. The lowest BCUT2D eigenvalue weighted by Crippen LogP contribution is -2.15. The Labute approximate surface area is 108 Å². The number of hydrogen-bond donors (Lipinski definition) is 1. The molecule has 1 aliphatic carbocycles. The van der Waals surface area contributed by atoms with E-state index in [9.17, 15) is 0 Å². The van der Waals surface area contributed by atoms with E-state index >= 15 is 0 Å². The van der Waals surface area contributed by atoms with Gasteiger partial charge in [-0.3, -0.25) is 0 Å². The number of nitrogens with one attached hydrogen (secondary N) is 1. The van der Waals surface area contributed by atoms with Gasteiger partial charge in [0.05, 0.1) is 13.2 Å². The summed E-state index contributed by atoms with van der Waals surface area (Å²) < 4.78 is 11.3. The molecule has 0 amide bonds. The van der Waals surface area contributed by atoms with Crippen LogP contribution < -0.4 is 14.8 Å². The lowest BCUT2D eigenvalue weighted by atomic mass is 10.2. The maximum Gasteiger partial charge on any atom is 0.161 e. The van der Waals surface area contributed by atoms with Crippen LogP contribution in [0.4, 0.5) is 0 Å². The van der Waals surface area contributed by atoms with E-state index in [0.717, 1.165) is 50.1 Å². The molecule has 1 heterocycles. The fourth-order valence-electron chi connectivity index (χ4n) is 2.26. The summed E-state index contributed by atoms with van der Waals surface area (Å²) in [4.78, 5) is 0. The van der Waals surface area contributed by atoms with Crippen molar-refractivity contribution in [1.29, 1.82) is 0 Å². The molecule has 3 rings (SSSR count). The number of benzene rings is 1. The number of hydrogen-bond acceptors (Lipinski definition) is 3. The second-order valence-electron chi connectivity index (χ2n) is 5.24. The standard InChI is InChI=1S/C15H21NO2/c1-8-17-14-5-4-13(10-15(14)18-9-1)11-16-7-6-12-2-3-12/h4-5,10,12,16H,1-3,6-9,11H2. The van der Waals surface area contributed by atoms with Crippen LogP contribution in [0.2, 0.25) is 0 Å². The van der Waals surface area contributed by atoms with E-state index in [1.54, 1.807) is 0 Å². The van der Waals surface area contributed by atoms with Gasteiger partial charge in [0.2, 0.25) is 0 Å². The third-order valence-corrected chi connectivity index (χ3v) is 3.57. The first kappa shape index (κ1) is 11.8. The molecule has 1 aliphatic heterocycles. The van der Waals surface area contributed by atoms with Crippen molar-refractivity contribution in [2.24, 2.45) is 5.92 Å². The molecule has 1 N–H and O–H groups in total. The monoisotopic (exact) mass is 247 g/mol. The summed E-state index contributed by atoms with van der Waals surface area (Å²) in [6, 6.07) is 6.25. The van der Waals surface area contributed by atoms with Crippen LogP contribution in [0.1, 0.15) is 31.2 Å². The Morgan fingerprint density at radius 1 is 1.11 bits per heavy atom. The molecule has 0 unspecified atom stereocenters. The van der Waals surface area contributed by atoms with Gasteiger partial charge < -0.3 is 14.8 Å². The average molecular weight is 247 g/mol. The van der Waals surface area contributed by atoms with Crippen molar-refractivity contribution in [2.45, 2.75) is 32.2 Å². The van der Waals surface area contributed by atoms with E-state index in [1.807, 2.05) is 6.07 Å². The topological polar surface area (TPSA) is 30.5 Å². The van der Waals surface area contributed by atoms with Crippen molar-refractivity contribution in [2.75, 3.05) is 19.8 Å². The van der Waals surface area contributed by atoms with Gasteiger partial charge in [-0.1, -0.05) is 18.9 Å². The van der Waals surface area contributed by atoms with Crippen LogP contribution in [0.5, 0.6) is 11.5 Å². The van der Waals surface area contributed by atoms with Gasteiger partial charge in [0.25, 0.3) is 0 Å². The summed E-state index contributed by atoms with van der Waals surface area (Å²) in [5.41, 5.74) is 1.27. The molecule has 0 spiro atoms. The Hall–Kier alpha value is -1.22. The number of ether oxygens (including phenoxy) is 2. The largest absolute Gasteiger partial charge is 0.490 e. The highest BCUT2D eigenvalue weighted by Crippen LogP contribution is 2.32. The highest BCUT2D eigenvalue weighted by Gasteiger charge is 2.20. The first-order valence-corrected chi connectivity index (χ1v) is 7.01. The average Bonchev–Trinajstić information content (AvgIpc) is 3.21. The lowest BCUT2D eigenvalue weighted by molar-refractivity contribution is 0.297. The second kappa shape index (κ2) is 5.61. The summed E-state index contributed by atoms with van der Waals surface area (Å²) in [5.74, 6) is 2.78. The van der Waals surface area contributed by atoms with Gasteiger partial charge in [-0.2, -0.15) is 0 Å². The SMILES string of the molecule is c1cc2c(cc1CNCCC1CC1)OCCCO2. The number of rotatable bonds is 5. The zero-order chi connectivity index (χ0) is 12.2. The first-order chi connectivity index (χ1) is 8.92. The quantitative estimate of drug-likeness (QED) is 0.812. The molecule has 3 heteroatoms. The Kier molecular flexibility index (Phi) is 3.69. The van der Waals surface area contributed by atoms with Crippen LogP contribution in [0.25, 0.3) is 0 Å². The molecule has 1 fully saturated rings. The second-order valence-corrected chi connectivity index (χ2v) is 5.24. The van der Waals surface area contributed by atoms with Crippen LogP contribution in [-0.4, -0.2) is 19.8 Å². The predicted octanol–water partition coefficient (Wildman–Crippen LogP) is 2.74. The van der Waals surface area contributed by atoms with Gasteiger partial charge in [0.1, 0.15) is 0 Å². The normalized spacial score (nSPS) is 18.4. The Morgan fingerprint density at radius 3 is 2.78 bits per heavy atom. The van der Waals surface area contributed by atoms with Crippen molar-refractivity contribution in [3.63, 3.8) is 0 Å². The fraction of sp³-hybridized carbons (Fsp3) is 0.600. The van der Waals surface area contributed by atoms with E-state index in [0.29, 0.717) is 0 Å². The maximum atomic E-state index is 5.69. The Balaban J connectivity index is 1.53. The summed E-state index contributed by atoms with van der Waals surface area (Å²) in [6.07, 6.45) is 5.16. The smallest absolute Gasteiger partial charge is 0.161 e. The summed E-state index contributed by atoms with van der Waals surface area (Å²) in [7, 11) is 0. The molecule has 1 saturated carbocycles. The first-order valence-electron chi connectivity index (χ1n) is 7.01.